The number of benzene rings is 1. The zero-order chi connectivity index (χ0) is 13.2. The molecule has 92 valence electrons. The first kappa shape index (κ1) is 14.4. The summed E-state index contributed by atoms with van der Waals surface area (Å²) in [5.74, 6) is -0.251. The van der Waals surface area contributed by atoms with Gasteiger partial charge in [0.1, 0.15) is 0 Å². The molecule has 3 nitrogen and oxygen atoms in total. The van der Waals surface area contributed by atoms with Crippen molar-refractivity contribution in [2.45, 2.75) is 13.8 Å². The molecule has 3 N–H and O–H groups in total. The van der Waals surface area contributed by atoms with Crippen molar-refractivity contribution in [3.8, 4) is 0 Å². The van der Waals surface area contributed by atoms with Crippen molar-refractivity contribution in [3.63, 3.8) is 0 Å². The zero-order valence-electron chi connectivity index (χ0n) is 9.38. The van der Waals surface area contributed by atoms with Crippen molar-refractivity contribution in [3.05, 3.63) is 27.7 Å². The Kier molecular flexibility index (Phi) is 4.52. The normalized spacial score (nSPS) is 11.1. The van der Waals surface area contributed by atoms with Crippen LogP contribution in [0.3, 0.4) is 0 Å². The van der Waals surface area contributed by atoms with Gasteiger partial charge < -0.3 is 11.1 Å². The molecule has 0 aromatic heterocycles. The highest BCUT2D eigenvalue weighted by molar-refractivity contribution is 9.10. The standard InChI is InChI=1S/C11H12BrClN2OS/c1-11(2,9(14)17)10(16)15-6-3-4-8(13)7(12)5-6/h3-5H,1-2H3,(H2,14,17)(H,15,16). The van der Waals surface area contributed by atoms with Gasteiger partial charge in [0.2, 0.25) is 5.91 Å². The van der Waals surface area contributed by atoms with Gasteiger partial charge in [-0.05, 0) is 48.0 Å². The summed E-state index contributed by atoms with van der Waals surface area (Å²) >= 11 is 14.0. The van der Waals surface area contributed by atoms with Crippen LogP contribution >= 0.6 is 39.7 Å². The van der Waals surface area contributed by atoms with E-state index in [0.717, 1.165) is 0 Å². The molecule has 0 unspecified atom stereocenters. The monoisotopic (exact) mass is 334 g/mol. The first-order valence-corrected chi connectivity index (χ1v) is 6.39. The van der Waals surface area contributed by atoms with Crippen LogP contribution in [0.1, 0.15) is 13.8 Å². The summed E-state index contributed by atoms with van der Waals surface area (Å²) in [5.41, 5.74) is 5.27. The Balaban J connectivity index is 2.89. The number of nitrogens with two attached hydrogens (primary N) is 1. The first-order chi connectivity index (χ1) is 7.75. The molecule has 0 atom stereocenters. The average Bonchev–Trinajstić information content (AvgIpc) is 2.23. The van der Waals surface area contributed by atoms with Crippen molar-refractivity contribution in [1.82, 2.24) is 0 Å². The van der Waals surface area contributed by atoms with Crippen LogP contribution in [0, 0.1) is 5.41 Å². The molecule has 0 radical (unpaired) electrons. The van der Waals surface area contributed by atoms with Gasteiger partial charge in [-0.3, -0.25) is 4.79 Å². The summed E-state index contributed by atoms with van der Waals surface area (Å²) in [6.45, 7) is 3.35. The molecule has 0 saturated carbocycles. The van der Waals surface area contributed by atoms with Crippen LogP contribution in [0.5, 0.6) is 0 Å². The van der Waals surface area contributed by atoms with Crippen molar-refractivity contribution >= 4 is 56.3 Å². The third-order valence-corrected chi connectivity index (χ3v) is 4.09. The van der Waals surface area contributed by atoms with Gasteiger partial charge in [0.05, 0.1) is 15.4 Å². The molecule has 1 amide bonds. The minimum absolute atomic E-state index is 0.156. The highest BCUT2D eigenvalue weighted by Crippen LogP contribution is 2.26. The number of carbonyl (C=O) groups excluding carboxylic acids is 1. The summed E-state index contributed by atoms with van der Waals surface area (Å²) in [7, 11) is 0. The second-order valence-corrected chi connectivity index (χ2v) is 5.77. The number of amides is 1. The van der Waals surface area contributed by atoms with Crippen LogP contribution in [0.25, 0.3) is 0 Å². The lowest BCUT2D eigenvalue weighted by Crippen LogP contribution is -2.41. The Morgan fingerprint density at radius 2 is 2.12 bits per heavy atom. The zero-order valence-corrected chi connectivity index (χ0v) is 12.5. The molecule has 0 fully saturated rings. The fraction of sp³-hybridized carbons (Fsp3) is 0.273. The van der Waals surface area contributed by atoms with E-state index in [4.69, 9.17) is 29.6 Å². The molecule has 0 spiro atoms. The van der Waals surface area contributed by atoms with E-state index in [2.05, 4.69) is 21.2 Å². The van der Waals surface area contributed by atoms with Crippen LogP contribution in [-0.2, 0) is 4.79 Å². The van der Waals surface area contributed by atoms with Crippen LogP contribution in [0.4, 0.5) is 5.69 Å². The lowest BCUT2D eigenvalue weighted by molar-refractivity contribution is -0.121. The minimum Gasteiger partial charge on any atom is -0.392 e. The first-order valence-electron chi connectivity index (χ1n) is 4.81. The fourth-order valence-electron chi connectivity index (χ4n) is 0.973. The van der Waals surface area contributed by atoms with Gasteiger partial charge >= 0.3 is 0 Å². The van der Waals surface area contributed by atoms with Crippen LogP contribution in [-0.4, -0.2) is 10.9 Å². The lowest BCUT2D eigenvalue weighted by atomic mass is 9.92. The molecule has 0 aliphatic carbocycles. The predicted molar refractivity (Wildman–Crippen MR) is 78.3 cm³/mol. The summed E-state index contributed by atoms with van der Waals surface area (Å²) < 4.78 is 0.713. The summed E-state index contributed by atoms with van der Waals surface area (Å²) in [6, 6.07) is 5.12. The maximum atomic E-state index is 11.9. The molecule has 0 bridgehead atoms. The highest BCUT2D eigenvalue weighted by atomic mass is 79.9. The second kappa shape index (κ2) is 5.33. The SMILES string of the molecule is CC(C)(C(=O)Nc1ccc(Cl)c(Br)c1)C(N)=S. The number of anilines is 1. The number of thiocarbonyl (C=S) groups is 1. The molecule has 1 rings (SSSR count). The topological polar surface area (TPSA) is 55.1 Å². The largest absolute Gasteiger partial charge is 0.392 e. The molecule has 17 heavy (non-hydrogen) atoms. The van der Waals surface area contributed by atoms with E-state index in [1.54, 1.807) is 32.0 Å². The van der Waals surface area contributed by atoms with Crippen molar-refractivity contribution in [2.24, 2.45) is 11.1 Å². The number of carbonyl (C=O) groups is 1. The molecule has 1 aromatic carbocycles. The summed E-state index contributed by atoms with van der Waals surface area (Å²) in [6.07, 6.45) is 0. The number of halogens is 2. The van der Waals surface area contributed by atoms with Crippen molar-refractivity contribution < 1.29 is 4.79 Å². The summed E-state index contributed by atoms with van der Waals surface area (Å²) in [4.78, 5) is 12.1. The number of nitrogens with one attached hydrogen (secondary N) is 1. The van der Waals surface area contributed by atoms with Gasteiger partial charge in [0.25, 0.3) is 0 Å². The van der Waals surface area contributed by atoms with Gasteiger partial charge in [-0.1, -0.05) is 23.8 Å². The molecule has 1 aromatic rings. The van der Waals surface area contributed by atoms with Crippen LogP contribution in [0.2, 0.25) is 5.02 Å². The summed E-state index contributed by atoms with van der Waals surface area (Å²) in [5, 5.41) is 3.32. The predicted octanol–water partition coefficient (Wildman–Crippen LogP) is 3.35. The average molecular weight is 336 g/mol. The van der Waals surface area contributed by atoms with Crippen molar-refractivity contribution in [1.29, 1.82) is 0 Å². The Bertz CT molecular complexity index is 477. The number of hydrogen-bond acceptors (Lipinski definition) is 2. The lowest BCUT2D eigenvalue weighted by Gasteiger charge is -2.22. The molecular weight excluding hydrogens is 324 g/mol. The van der Waals surface area contributed by atoms with Gasteiger partial charge in [-0.15, -0.1) is 0 Å². The van der Waals surface area contributed by atoms with Gasteiger partial charge in [-0.2, -0.15) is 0 Å². The Morgan fingerprint density at radius 3 is 2.59 bits per heavy atom. The molecular formula is C11H12BrClN2OS. The van der Waals surface area contributed by atoms with E-state index in [1.807, 2.05) is 0 Å². The minimum atomic E-state index is -0.887. The van der Waals surface area contributed by atoms with Crippen LogP contribution in [0.15, 0.2) is 22.7 Å². The van der Waals surface area contributed by atoms with Gasteiger partial charge in [0, 0.05) is 10.2 Å². The van der Waals surface area contributed by atoms with E-state index in [9.17, 15) is 4.79 Å². The molecule has 0 heterocycles. The van der Waals surface area contributed by atoms with Gasteiger partial charge in [-0.25, -0.2) is 0 Å². The highest BCUT2D eigenvalue weighted by Gasteiger charge is 2.30. The maximum Gasteiger partial charge on any atom is 0.236 e. The van der Waals surface area contributed by atoms with Gasteiger partial charge in [0.15, 0.2) is 0 Å². The van der Waals surface area contributed by atoms with E-state index < -0.39 is 5.41 Å². The Morgan fingerprint density at radius 1 is 1.53 bits per heavy atom. The second-order valence-electron chi connectivity index (χ2n) is 4.07. The molecule has 0 saturated heterocycles. The van der Waals surface area contributed by atoms with E-state index >= 15 is 0 Å². The molecule has 0 aliphatic rings. The number of hydrogen-bond donors (Lipinski definition) is 2. The third-order valence-electron chi connectivity index (χ3n) is 2.36. The molecule has 6 heteroatoms. The molecule has 0 aliphatic heterocycles. The van der Waals surface area contributed by atoms with E-state index in [1.165, 1.54) is 0 Å². The van der Waals surface area contributed by atoms with E-state index in [0.29, 0.717) is 15.2 Å². The van der Waals surface area contributed by atoms with Crippen molar-refractivity contribution in [2.75, 3.05) is 5.32 Å². The Hall–Kier alpha value is -0.650. The van der Waals surface area contributed by atoms with Crippen LogP contribution < -0.4 is 11.1 Å². The quantitative estimate of drug-likeness (QED) is 0.833. The number of rotatable bonds is 3. The third kappa shape index (κ3) is 3.40. The smallest absolute Gasteiger partial charge is 0.236 e. The Labute approximate surface area is 119 Å². The maximum absolute atomic E-state index is 11.9. The van der Waals surface area contributed by atoms with E-state index in [-0.39, 0.29) is 10.9 Å². The fourth-order valence-corrected chi connectivity index (χ4v) is 1.56.